The first kappa shape index (κ1) is 13.6. The maximum atomic E-state index is 3.69. The quantitative estimate of drug-likeness (QED) is 0.756. The van der Waals surface area contributed by atoms with E-state index in [9.17, 15) is 0 Å². The maximum Gasteiger partial charge on any atom is 0.00684 e. The lowest BCUT2D eigenvalue weighted by molar-refractivity contribution is 0.475. The molecule has 1 aromatic rings. The third-order valence-corrected chi connectivity index (χ3v) is 3.87. The summed E-state index contributed by atoms with van der Waals surface area (Å²) in [4.78, 5) is 0. The minimum atomic E-state index is 0.689. The smallest absolute Gasteiger partial charge is 0.00684 e. The van der Waals surface area contributed by atoms with Gasteiger partial charge in [-0.15, -0.1) is 0 Å². The molecule has 0 aliphatic heterocycles. The molecule has 1 heteroatoms. The highest BCUT2D eigenvalue weighted by Crippen LogP contribution is 2.25. The highest BCUT2D eigenvalue weighted by Gasteiger charge is 2.22. The van der Waals surface area contributed by atoms with E-state index < -0.39 is 0 Å². The first-order valence-corrected chi connectivity index (χ1v) is 7.45. The van der Waals surface area contributed by atoms with Crippen LogP contribution in [0, 0.1) is 12.8 Å². The first-order chi connectivity index (χ1) is 8.65. The van der Waals surface area contributed by atoms with Crippen LogP contribution in [-0.4, -0.2) is 12.6 Å². The fraction of sp³-hybridized carbons (Fsp3) is 0.647. The topological polar surface area (TPSA) is 12.0 Å². The zero-order valence-electron chi connectivity index (χ0n) is 12.1. The summed E-state index contributed by atoms with van der Waals surface area (Å²) in [6.45, 7) is 7.96. The normalized spacial score (nSPS) is 17.1. The van der Waals surface area contributed by atoms with Gasteiger partial charge in [0.25, 0.3) is 0 Å². The second-order valence-electron chi connectivity index (χ2n) is 6.26. The molecule has 1 aliphatic rings. The van der Waals surface area contributed by atoms with Crippen LogP contribution in [-0.2, 0) is 0 Å². The Morgan fingerprint density at radius 1 is 1.11 bits per heavy atom. The van der Waals surface area contributed by atoms with Crippen LogP contribution >= 0.6 is 0 Å². The Morgan fingerprint density at radius 2 is 1.78 bits per heavy atom. The number of rotatable bonds is 7. The van der Waals surface area contributed by atoms with Crippen LogP contribution in [0.25, 0.3) is 0 Å². The zero-order valence-corrected chi connectivity index (χ0v) is 12.1. The number of hydrogen-bond acceptors (Lipinski definition) is 1. The molecule has 0 heterocycles. The summed E-state index contributed by atoms with van der Waals surface area (Å²) in [5.74, 6) is 1.49. The van der Waals surface area contributed by atoms with Crippen molar-refractivity contribution in [3.05, 3.63) is 35.4 Å². The summed E-state index contributed by atoms with van der Waals surface area (Å²) < 4.78 is 0. The molecule has 1 aromatic carbocycles. The van der Waals surface area contributed by atoms with Gasteiger partial charge in [-0.1, -0.05) is 50.1 Å². The van der Waals surface area contributed by atoms with Gasteiger partial charge >= 0.3 is 0 Å². The Morgan fingerprint density at radius 3 is 2.33 bits per heavy atom. The Labute approximate surface area is 112 Å². The molecule has 1 N–H and O–H groups in total. The van der Waals surface area contributed by atoms with Crippen LogP contribution in [0.5, 0.6) is 0 Å². The summed E-state index contributed by atoms with van der Waals surface area (Å²) in [6.07, 6.45) is 5.39. The van der Waals surface area contributed by atoms with E-state index >= 15 is 0 Å². The Balaban J connectivity index is 1.94. The van der Waals surface area contributed by atoms with E-state index in [0.717, 1.165) is 18.5 Å². The molecule has 0 spiro atoms. The van der Waals surface area contributed by atoms with Crippen molar-refractivity contribution in [2.75, 3.05) is 6.54 Å². The van der Waals surface area contributed by atoms with E-state index in [0.29, 0.717) is 5.92 Å². The molecule has 1 fully saturated rings. The van der Waals surface area contributed by atoms with E-state index in [1.807, 2.05) is 0 Å². The lowest BCUT2D eigenvalue weighted by atomic mass is 9.91. The second kappa shape index (κ2) is 6.38. The standard InChI is InChI=1S/C17H27N/c1-13(2)4-7-16(12-18-17-10-11-17)15-8-5-14(3)6-9-15/h5-6,8-9,13,16-18H,4,7,10-12H2,1-3H3. The molecule has 0 bridgehead atoms. The number of hydrogen-bond donors (Lipinski definition) is 1. The van der Waals surface area contributed by atoms with Gasteiger partial charge in [0.2, 0.25) is 0 Å². The van der Waals surface area contributed by atoms with Crippen molar-refractivity contribution < 1.29 is 0 Å². The molecule has 1 unspecified atom stereocenters. The number of nitrogens with one attached hydrogen (secondary N) is 1. The van der Waals surface area contributed by atoms with Crippen LogP contribution in [0.2, 0.25) is 0 Å². The number of benzene rings is 1. The van der Waals surface area contributed by atoms with Crippen LogP contribution in [0.15, 0.2) is 24.3 Å². The summed E-state index contributed by atoms with van der Waals surface area (Å²) in [5.41, 5.74) is 2.87. The van der Waals surface area contributed by atoms with Crippen LogP contribution < -0.4 is 5.32 Å². The predicted octanol–water partition coefficient (Wildman–Crippen LogP) is 4.27. The van der Waals surface area contributed by atoms with Gasteiger partial charge in [-0.3, -0.25) is 0 Å². The molecule has 0 aromatic heterocycles. The predicted molar refractivity (Wildman–Crippen MR) is 79.0 cm³/mol. The highest BCUT2D eigenvalue weighted by atomic mass is 14.9. The number of aryl methyl sites for hydroxylation is 1. The van der Waals surface area contributed by atoms with Crippen molar-refractivity contribution in [1.29, 1.82) is 0 Å². The Bertz CT molecular complexity index is 342. The van der Waals surface area contributed by atoms with Crippen LogP contribution in [0.1, 0.15) is 56.6 Å². The van der Waals surface area contributed by atoms with E-state index in [2.05, 4.69) is 50.4 Å². The van der Waals surface area contributed by atoms with Gasteiger partial charge in [0, 0.05) is 12.6 Å². The van der Waals surface area contributed by atoms with Crippen molar-refractivity contribution >= 4 is 0 Å². The molecule has 0 amide bonds. The van der Waals surface area contributed by atoms with Gasteiger partial charge in [-0.05, 0) is 43.6 Å². The lowest BCUT2D eigenvalue weighted by Gasteiger charge is -2.19. The minimum Gasteiger partial charge on any atom is -0.313 e. The van der Waals surface area contributed by atoms with Crippen molar-refractivity contribution in [2.45, 2.75) is 58.4 Å². The van der Waals surface area contributed by atoms with E-state index in [-0.39, 0.29) is 0 Å². The van der Waals surface area contributed by atoms with Crippen LogP contribution in [0.3, 0.4) is 0 Å². The average Bonchev–Trinajstić information content (AvgIpc) is 3.14. The summed E-state index contributed by atoms with van der Waals surface area (Å²) in [6, 6.07) is 9.94. The van der Waals surface area contributed by atoms with Gasteiger partial charge in [-0.2, -0.15) is 0 Å². The molecule has 18 heavy (non-hydrogen) atoms. The van der Waals surface area contributed by atoms with Crippen molar-refractivity contribution in [3.63, 3.8) is 0 Å². The van der Waals surface area contributed by atoms with Crippen molar-refractivity contribution in [3.8, 4) is 0 Å². The average molecular weight is 245 g/mol. The molecule has 1 saturated carbocycles. The van der Waals surface area contributed by atoms with E-state index in [1.165, 1.54) is 36.8 Å². The van der Waals surface area contributed by atoms with Gasteiger partial charge in [0.1, 0.15) is 0 Å². The van der Waals surface area contributed by atoms with Crippen molar-refractivity contribution in [1.82, 2.24) is 5.32 Å². The fourth-order valence-corrected chi connectivity index (χ4v) is 2.36. The third kappa shape index (κ3) is 4.45. The third-order valence-electron chi connectivity index (χ3n) is 3.87. The SMILES string of the molecule is Cc1ccc(C(CCC(C)C)CNC2CC2)cc1. The molecule has 0 saturated heterocycles. The Hall–Kier alpha value is -0.820. The fourth-order valence-electron chi connectivity index (χ4n) is 2.36. The minimum absolute atomic E-state index is 0.689. The largest absolute Gasteiger partial charge is 0.313 e. The second-order valence-corrected chi connectivity index (χ2v) is 6.26. The Kier molecular flexibility index (Phi) is 4.82. The maximum absolute atomic E-state index is 3.69. The summed E-state index contributed by atoms with van der Waals surface area (Å²) in [7, 11) is 0. The van der Waals surface area contributed by atoms with Crippen molar-refractivity contribution in [2.24, 2.45) is 5.92 Å². The molecule has 1 nitrogen and oxygen atoms in total. The van der Waals surface area contributed by atoms with Crippen LogP contribution in [0.4, 0.5) is 0 Å². The van der Waals surface area contributed by atoms with Gasteiger partial charge < -0.3 is 5.32 Å². The molecule has 100 valence electrons. The monoisotopic (exact) mass is 245 g/mol. The van der Waals surface area contributed by atoms with E-state index in [4.69, 9.17) is 0 Å². The van der Waals surface area contributed by atoms with E-state index in [1.54, 1.807) is 0 Å². The first-order valence-electron chi connectivity index (χ1n) is 7.45. The zero-order chi connectivity index (χ0) is 13.0. The lowest BCUT2D eigenvalue weighted by Crippen LogP contribution is -2.23. The van der Waals surface area contributed by atoms with Gasteiger partial charge in [0.05, 0.1) is 0 Å². The molecule has 1 atom stereocenters. The highest BCUT2D eigenvalue weighted by molar-refractivity contribution is 5.24. The molecule has 1 aliphatic carbocycles. The molecule has 0 radical (unpaired) electrons. The molecule has 2 rings (SSSR count). The van der Waals surface area contributed by atoms with Gasteiger partial charge in [-0.25, -0.2) is 0 Å². The summed E-state index contributed by atoms with van der Waals surface area (Å²) in [5, 5.41) is 3.69. The molecular weight excluding hydrogens is 218 g/mol. The van der Waals surface area contributed by atoms with Gasteiger partial charge in [0.15, 0.2) is 0 Å². The molecular formula is C17H27N. The summed E-state index contributed by atoms with van der Waals surface area (Å²) >= 11 is 0.